The Morgan fingerprint density at radius 3 is 2.85 bits per heavy atom. The minimum absolute atomic E-state index is 0.183. The molecule has 0 radical (unpaired) electrons. The summed E-state index contributed by atoms with van der Waals surface area (Å²) < 4.78 is 13.8. The van der Waals surface area contributed by atoms with Crippen LogP contribution in [-0.2, 0) is 0 Å². The average molecular weight is 277 g/mol. The molecule has 3 rings (SSSR count). The molecule has 0 aromatic heterocycles. The topological polar surface area (TPSA) is 32.5 Å². The monoisotopic (exact) mass is 277 g/mol. The van der Waals surface area contributed by atoms with Crippen LogP contribution in [0.1, 0.15) is 30.9 Å². The van der Waals surface area contributed by atoms with Crippen molar-refractivity contribution in [2.24, 2.45) is 5.73 Å². The Kier molecular flexibility index (Phi) is 4.34. The Bertz CT molecular complexity index is 451. The van der Waals surface area contributed by atoms with E-state index in [4.69, 9.17) is 5.73 Å². The quantitative estimate of drug-likeness (QED) is 0.917. The summed E-state index contributed by atoms with van der Waals surface area (Å²) in [5, 5.41) is 0. The van der Waals surface area contributed by atoms with Crippen LogP contribution in [0, 0.1) is 5.82 Å². The van der Waals surface area contributed by atoms with Crippen molar-refractivity contribution in [1.29, 1.82) is 0 Å². The minimum Gasteiger partial charge on any atom is -0.323 e. The lowest BCUT2D eigenvalue weighted by atomic mass is 10.1. The van der Waals surface area contributed by atoms with E-state index in [1.54, 1.807) is 12.1 Å². The van der Waals surface area contributed by atoms with Crippen LogP contribution >= 0.6 is 0 Å². The molecule has 0 spiro atoms. The molecule has 20 heavy (non-hydrogen) atoms. The van der Waals surface area contributed by atoms with Crippen molar-refractivity contribution >= 4 is 0 Å². The molecule has 3 nitrogen and oxygen atoms in total. The predicted molar refractivity (Wildman–Crippen MR) is 79.0 cm³/mol. The molecular formula is C16H24FN3. The molecule has 2 atom stereocenters. The van der Waals surface area contributed by atoms with Crippen LogP contribution < -0.4 is 5.73 Å². The van der Waals surface area contributed by atoms with Crippen molar-refractivity contribution in [3.63, 3.8) is 0 Å². The maximum absolute atomic E-state index is 13.8. The fourth-order valence-corrected chi connectivity index (χ4v) is 3.60. The summed E-state index contributed by atoms with van der Waals surface area (Å²) in [4.78, 5) is 5.03. The molecule has 2 heterocycles. The van der Waals surface area contributed by atoms with Crippen LogP contribution in [0.3, 0.4) is 0 Å². The van der Waals surface area contributed by atoms with Crippen molar-refractivity contribution in [2.75, 3.05) is 32.7 Å². The van der Waals surface area contributed by atoms with Gasteiger partial charge in [0.2, 0.25) is 0 Å². The second-order valence-corrected chi connectivity index (χ2v) is 6.07. The molecule has 2 N–H and O–H groups in total. The molecule has 0 bridgehead atoms. The van der Waals surface area contributed by atoms with Crippen LogP contribution in [-0.4, -0.2) is 48.6 Å². The fourth-order valence-electron chi connectivity index (χ4n) is 3.60. The van der Waals surface area contributed by atoms with E-state index in [0.717, 1.165) is 19.6 Å². The lowest BCUT2D eigenvalue weighted by Crippen LogP contribution is -2.39. The molecule has 2 aliphatic rings. The van der Waals surface area contributed by atoms with Gasteiger partial charge in [-0.2, -0.15) is 0 Å². The van der Waals surface area contributed by atoms with Crippen LogP contribution in [0.25, 0.3) is 0 Å². The molecule has 0 amide bonds. The molecular weight excluding hydrogens is 253 g/mol. The summed E-state index contributed by atoms with van der Waals surface area (Å²) >= 11 is 0. The van der Waals surface area contributed by atoms with E-state index >= 15 is 0 Å². The molecule has 1 aromatic rings. The van der Waals surface area contributed by atoms with Crippen molar-refractivity contribution in [2.45, 2.75) is 31.3 Å². The summed E-state index contributed by atoms with van der Waals surface area (Å²) in [5.41, 5.74) is 6.86. The fraction of sp³-hybridized carbons (Fsp3) is 0.625. The lowest BCUT2D eigenvalue weighted by molar-refractivity contribution is 0.212. The Morgan fingerprint density at radius 1 is 1.20 bits per heavy atom. The number of rotatable bonds is 3. The number of nitrogens with two attached hydrogens (primary N) is 1. The Balaban J connectivity index is 1.63. The smallest absolute Gasteiger partial charge is 0.128 e. The third kappa shape index (κ3) is 3.03. The highest BCUT2D eigenvalue weighted by Crippen LogP contribution is 2.23. The predicted octanol–water partition coefficient (Wildman–Crippen LogP) is 2.00. The molecule has 2 fully saturated rings. The zero-order chi connectivity index (χ0) is 13.9. The van der Waals surface area contributed by atoms with Crippen molar-refractivity contribution in [1.82, 2.24) is 9.80 Å². The van der Waals surface area contributed by atoms with Crippen LogP contribution in [0.15, 0.2) is 24.3 Å². The second kappa shape index (κ2) is 6.20. The SMILES string of the molecule is NC(CN1CCCN2CCCC2C1)c1ccccc1F. The van der Waals surface area contributed by atoms with Gasteiger partial charge in [-0.25, -0.2) is 4.39 Å². The number of hydrogen-bond acceptors (Lipinski definition) is 3. The highest BCUT2D eigenvalue weighted by atomic mass is 19.1. The van der Waals surface area contributed by atoms with E-state index in [2.05, 4.69) is 9.80 Å². The normalized spacial score (nSPS) is 26.2. The zero-order valence-electron chi connectivity index (χ0n) is 12.0. The van der Waals surface area contributed by atoms with E-state index in [-0.39, 0.29) is 11.9 Å². The summed E-state index contributed by atoms with van der Waals surface area (Å²) in [6.07, 6.45) is 3.81. The molecule has 0 aliphatic carbocycles. The molecule has 4 heteroatoms. The van der Waals surface area contributed by atoms with Gasteiger partial charge in [-0.15, -0.1) is 0 Å². The third-order valence-electron chi connectivity index (χ3n) is 4.65. The maximum Gasteiger partial charge on any atom is 0.128 e. The highest BCUT2D eigenvalue weighted by molar-refractivity contribution is 5.21. The van der Waals surface area contributed by atoms with Gasteiger partial charge in [0.1, 0.15) is 5.82 Å². The van der Waals surface area contributed by atoms with Gasteiger partial charge in [-0.05, 0) is 45.0 Å². The first-order chi connectivity index (χ1) is 9.74. The van der Waals surface area contributed by atoms with Gasteiger partial charge in [0.15, 0.2) is 0 Å². The van der Waals surface area contributed by atoms with Gasteiger partial charge in [-0.1, -0.05) is 18.2 Å². The first-order valence-corrected chi connectivity index (χ1v) is 7.70. The van der Waals surface area contributed by atoms with Crippen molar-refractivity contribution in [3.05, 3.63) is 35.6 Å². The molecule has 2 saturated heterocycles. The van der Waals surface area contributed by atoms with Crippen LogP contribution in [0.2, 0.25) is 0 Å². The summed E-state index contributed by atoms with van der Waals surface area (Å²) in [7, 11) is 0. The van der Waals surface area contributed by atoms with Gasteiger partial charge in [0.05, 0.1) is 0 Å². The zero-order valence-corrected chi connectivity index (χ0v) is 12.0. The van der Waals surface area contributed by atoms with Gasteiger partial charge in [0.25, 0.3) is 0 Å². The van der Waals surface area contributed by atoms with Gasteiger partial charge in [-0.3, -0.25) is 9.80 Å². The Morgan fingerprint density at radius 2 is 2.00 bits per heavy atom. The summed E-state index contributed by atoms with van der Waals surface area (Å²) in [6, 6.07) is 7.33. The van der Waals surface area contributed by atoms with E-state index in [9.17, 15) is 4.39 Å². The summed E-state index contributed by atoms with van der Waals surface area (Å²) in [6.45, 7) is 5.37. The van der Waals surface area contributed by atoms with E-state index in [1.807, 2.05) is 6.07 Å². The number of fused-ring (bicyclic) bond motifs is 1. The maximum atomic E-state index is 13.8. The molecule has 2 unspecified atom stereocenters. The second-order valence-electron chi connectivity index (χ2n) is 6.07. The number of halogens is 1. The third-order valence-corrected chi connectivity index (χ3v) is 4.65. The van der Waals surface area contributed by atoms with Gasteiger partial charge >= 0.3 is 0 Å². The Labute approximate surface area is 120 Å². The first kappa shape index (κ1) is 14.0. The van der Waals surface area contributed by atoms with Gasteiger partial charge in [0, 0.05) is 30.7 Å². The van der Waals surface area contributed by atoms with E-state index < -0.39 is 0 Å². The van der Waals surface area contributed by atoms with E-state index in [1.165, 1.54) is 38.4 Å². The van der Waals surface area contributed by atoms with E-state index in [0.29, 0.717) is 11.6 Å². The number of nitrogens with zero attached hydrogens (tertiary/aromatic N) is 2. The van der Waals surface area contributed by atoms with Crippen molar-refractivity contribution in [3.8, 4) is 0 Å². The lowest BCUT2D eigenvalue weighted by Gasteiger charge is -2.27. The van der Waals surface area contributed by atoms with Crippen LogP contribution in [0.4, 0.5) is 4.39 Å². The van der Waals surface area contributed by atoms with Gasteiger partial charge < -0.3 is 5.73 Å². The largest absolute Gasteiger partial charge is 0.323 e. The van der Waals surface area contributed by atoms with Crippen molar-refractivity contribution < 1.29 is 4.39 Å². The average Bonchev–Trinajstić information content (AvgIpc) is 2.78. The molecule has 0 saturated carbocycles. The first-order valence-electron chi connectivity index (χ1n) is 7.70. The number of benzene rings is 1. The molecule has 1 aromatic carbocycles. The Hall–Kier alpha value is -0.970. The minimum atomic E-state index is -0.232. The summed E-state index contributed by atoms with van der Waals surface area (Å²) in [5.74, 6) is -0.183. The highest BCUT2D eigenvalue weighted by Gasteiger charge is 2.29. The number of hydrogen-bond donors (Lipinski definition) is 1. The molecule has 2 aliphatic heterocycles. The standard InChI is InChI=1S/C16H24FN3/c17-15-7-2-1-6-14(15)16(18)12-19-8-4-10-20-9-3-5-13(20)11-19/h1-2,6-7,13,16H,3-5,8-12,18H2. The van der Waals surface area contributed by atoms with Crippen LogP contribution in [0.5, 0.6) is 0 Å². The molecule has 110 valence electrons.